The molecule has 0 unspecified atom stereocenters. The van der Waals surface area contributed by atoms with E-state index in [1.807, 2.05) is 23.8 Å². The SMILES string of the molecule is CCCn1cc(Br)cc1C(=O)Nc1ccc(Cl)c(C#N)c1. The van der Waals surface area contributed by atoms with E-state index >= 15 is 0 Å². The number of hydrogen-bond donors (Lipinski definition) is 1. The van der Waals surface area contributed by atoms with Crippen LogP contribution in [0.25, 0.3) is 0 Å². The highest BCUT2D eigenvalue weighted by atomic mass is 79.9. The van der Waals surface area contributed by atoms with Crippen molar-refractivity contribution in [2.45, 2.75) is 19.9 Å². The van der Waals surface area contributed by atoms with E-state index < -0.39 is 0 Å². The van der Waals surface area contributed by atoms with Crippen LogP contribution in [0.15, 0.2) is 34.9 Å². The van der Waals surface area contributed by atoms with E-state index in [2.05, 4.69) is 21.2 Å². The lowest BCUT2D eigenvalue weighted by Gasteiger charge is -2.09. The van der Waals surface area contributed by atoms with Crippen LogP contribution >= 0.6 is 27.5 Å². The van der Waals surface area contributed by atoms with Gasteiger partial charge in [-0.15, -0.1) is 0 Å². The van der Waals surface area contributed by atoms with E-state index in [1.165, 1.54) is 0 Å². The van der Waals surface area contributed by atoms with Crippen LogP contribution in [0.3, 0.4) is 0 Å². The van der Waals surface area contributed by atoms with Crippen LogP contribution in [0.5, 0.6) is 0 Å². The average Bonchev–Trinajstić information content (AvgIpc) is 2.82. The normalized spacial score (nSPS) is 10.2. The predicted molar refractivity (Wildman–Crippen MR) is 86.5 cm³/mol. The van der Waals surface area contributed by atoms with Gasteiger partial charge in [-0.05, 0) is 46.6 Å². The van der Waals surface area contributed by atoms with Crippen molar-refractivity contribution >= 4 is 39.1 Å². The molecule has 1 aromatic heterocycles. The number of nitriles is 1. The summed E-state index contributed by atoms with van der Waals surface area (Å²) in [7, 11) is 0. The van der Waals surface area contributed by atoms with E-state index in [9.17, 15) is 4.79 Å². The minimum absolute atomic E-state index is 0.222. The molecule has 1 N–H and O–H groups in total. The molecule has 108 valence electrons. The topological polar surface area (TPSA) is 57.8 Å². The molecule has 0 bridgehead atoms. The highest BCUT2D eigenvalue weighted by Crippen LogP contribution is 2.21. The Labute approximate surface area is 136 Å². The van der Waals surface area contributed by atoms with Gasteiger partial charge in [-0.3, -0.25) is 4.79 Å². The van der Waals surface area contributed by atoms with Crippen LogP contribution in [0.4, 0.5) is 5.69 Å². The zero-order valence-corrected chi connectivity index (χ0v) is 13.7. The number of nitrogens with zero attached hydrogens (tertiary/aromatic N) is 2. The van der Waals surface area contributed by atoms with Crippen LogP contribution in [-0.2, 0) is 6.54 Å². The Morgan fingerprint density at radius 3 is 2.90 bits per heavy atom. The van der Waals surface area contributed by atoms with Crippen molar-refractivity contribution in [3.05, 3.63) is 51.2 Å². The number of aromatic nitrogens is 1. The summed E-state index contributed by atoms with van der Waals surface area (Å²) < 4.78 is 2.75. The maximum atomic E-state index is 12.3. The molecule has 0 aliphatic carbocycles. The minimum Gasteiger partial charge on any atom is -0.342 e. The maximum absolute atomic E-state index is 12.3. The van der Waals surface area contributed by atoms with Gasteiger partial charge >= 0.3 is 0 Å². The highest BCUT2D eigenvalue weighted by Gasteiger charge is 2.13. The second-order valence-electron chi connectivity index (χ2n) is 4.50. The zero-order valence-electron chi connectivity index (χ0n) is 11.4. The van der Waals surface area contributed by atoms with E-state index in [0.29, 0.717) is 22.0 Å². The number of nitrogens with one attached hydrogen (secondary N) is 1. The number of rotatable bonds is 4. The van der Waals surface area contributed by atoms with Gasteiger partial charge in [0.25, 0.3) is 5.91 Å². The van der Waals surface area contributed by atoms with E-state index in [4.69, 9.17) is 16.9 Å². The fourth-order valence-corrected chi connectivity index (χ4v) is 2.60. The number of anilines is 1. The first-order chi connectivity index (χ1) is 10.0. The van der Waals surface area contributed by atoms with Gasteiger partial charge in [-0.2, -0.15) is 5.26 Å². The van der Waals surface area contributed by atoms with Gasteiger partial charge < -0.3 is 9.88 Å². The number of carbonyl (C=O) groups is 1. The molecule has 0 fully saturated rings. The molecule has 4 nitrogen and oxygen atoms in total. The van der Waals surface area contributed by atoms with Crippen LogP contribution < -0.4 is 5.32 Å². The molecule has 2 aromatic rings. The highest BCUT2D eigenvalue weighted by molar-refractivity contribution is 9.10. The van der Waals surface area contributed by atoms with Crippen molar-refractivity contribution in [3.8, 4) is 6.07 Å². The molecule has 0 aliphatic rings. The largest absolute Gasteiger partial charge is 0.342 e. The summed E-state index contributed by atoms with van der Waals surface area (Å²) in [6, 6.07) is 8.58. The number of halogens is 2. The molecule has 21 heavy (non-hydrogen) atoms. The zero-order chi connectivity index (χ0) is 15.4. The Morgan fingerprint density at radius 1 is 1.48 bits per heavy atom. The van der Waals surface area contributed by atoms with Gasteiger partial charge in [0.05, 0.1) is 10.6 Å². The Hall–Kier alpha value is -1.77. The van der Waals surface area contributed by atoms with Gasteiger partial charge in [0.15, 0.2) is 0 Å². The van der Waals surface area contributed by atoms with Crippen LogP contribution in [0.2, 0.25) is 5.02 Å². The summed E-state index contributed by atoms with van der Waals surface area (Å²) in [5.74, 6) is -0.222. The summed E-state index contributed by atoms with van der Waals surface area (Å²) >= 11 is 9.25. The van der Waals surface area contributed by atoms with Gasteiger partial charge in [0, 0.05) is 22.9 Å². The molecule has 2 rings (SSSR count). The Balaban J connectivity index is 2.24. The number of benzene rings is 1. The third kappa shape index (κ3) is 3.66. The lowest BCUT2D eigenvalue weighted by molar-refractivity contribution is 0.101. The Morgan fingerprint density at radius 2 is 2.24 bits per heavy atom. The molecule has 0 saturated carbocycles. The molecule has 0 aliphatic heterocycles. The van der Waals surface area contributed by atoms with Crippen LogP contribution in [0, 0.1) is 11.3 Å². The van der Waals surface area contributed by atoms with Crippen molar-refractivity contribution in [2.24, 2.45) is 0 Å². The van der Waals surface area contributed by atoms with Crippen molar-refractivity contribution < 1.29 is 4.79 Å². The Bertz CT molecular complexity index is 718. The first-order valence-corrected chi connectivity index (χ1v) is 7.59. The average molecular weight is 367 g/mol. The van der Waals surface area contributed by atoms with E-state index in [1.54, 1.807) is 24.3 Å². The fraction of sp³-hybridized carbons (Fsp3) is 0.200. The number of amides is 1. The van der Waals surface area contributed by atoms with Crippen molar-refractivity contribution in [1.82, 2.24) is 4.57 Å². The lowest BCUT2D eigenvalue weighted by Crippen LogP contribution is -2.16. The molecule has 1 heterocycles. The molecule has 0 saturated heterocycles. The van der Waals surface area contributed by atoms with Gasteiger partial charge in [-0.25, -0.2) is 0 Å². The van der Waals surface area contributed by atoms with Crippen molar-refractivity contribution in [2.75, 3.05) is 5.32 Å². The van der Waals surface area contributed by atoms with Gasteiger partial charge in [-0.1, -0.05) is 18.5 Å². The third-order valence-corrected chi connectivity index (χ3v) is 3.67. The Kier molecular flexibility index (Phi) is 5.05. The predicted octanol–water partition coefficient (Wildman–Crippen LogP) is 4.44. The summed E-state index contributed by atoms with van der Waals surface area (Å²) in [6.07, 6.45) is 2.81. The fourth-order valence-electron chi connectivity index (χ4n) is 1.97. The second kappa shape index (κ2) is 6.79. The number of carbonyl (C=O) groups excluding carboxylic acids is 1. The third-order valence-electron chi connectivity index (χ3n) is 2.91. The number of hydrogen-bond acceptors (Lipinski definition) is 2. The van der Waals surface area contributed by atoms with E-state index in [0.717, 1.165) is 17.4 Å². The van der Waals surface area contributed by atoms with E-state index in [-0.39, 0.29) is 5.91 Å². The molecule has 1 aromatic carbocycles. The summed E-state index contributed by atoms with van der Waals surface area (Å²) in [4.78, 5) is 12.3. The first kappa shape index (κ1) is 15.6. The van der Waals surface area contributed by atoms with Gasteiger partial charge in [0.2, 0.25) is 0 Å². The van der Waals surface area contributed by atoms with Gasteiger partial charge in [0.1, 0.15) is 11.8 Å². The monoisotopic (exact) mass is 365 g/mol. The molecular formula is C15H13BrClN3O. The van der Waals surface area contributed by atoms with Crippen LogP contribution in [0.1, 0.15) is 29.4 Å². The first-order valence-electron chi connectivity index (χ1n) is 6.41. The lowest BCUT2D eigenvalue weighted by atomic mass is 10.2. The summed E-state index contributed by atoms with van der Waals surface area (Å²) in [5, 5.41) is 12.1. The molecule has 0 radical (unpaired) electrons. The maximum Gasteiger partial charge on any atom is 0.272 e. The second-order valence-corrected chi connectivity index (χ2v) is 5.82. The molecule has 0 atom stereocenters. The molecular weight excluding hydrogens is 354 g/mol. The smallest absolute Gasteiger partial charge is 0.272 e. The molecule has 1 amide bonds. The molecule has 6 heteroatoms. The standard InChI is InChI=1S/C15H13BrClN3O/c1-2-5-20-9-11(16)7-14(20)15(21)19-12-3-4-13(17)10(6-12)8-18/h3-4,6-7,9H,2,5H2,1H3,(H,19,21). The van der Waals surface area contributed by atoms with Crippen molar-refractivity contribution in [3.63, 3.8) is 0 Å². The molecule has 0 spiro atoms. The van der Waals surface area contributed by atoms with Crippen LogP contribution in [-0.4, -0.2) is 10.5 Å². The number of aryl methyl sites for hydroxylation is 1. The minimum atomic E-state index is -0.222. The summed E-state index contributed by atoms with van der Waals surface area (Å²) in [5.41, 5.74) is 1.44. The summed E-state index contributed by atoms with van der Waals surface area (Å²) in [6.45, 7) is 2.81. The quantitative estimate of drug-likeness (QED) is 0.869. The van der Waals surface area contributed by atoms with Crippen molar-refractivity contribution in [1.29, 1.82) is 5.26 Å².